The van der Waals surface area contributed by atoms with Gasteiger partial charge in [-0.1, -0.05) is 73.8 Å². The lowest BCUT2D eigenvalue weighted by atomic mass is 10.1. The smallest absolute Gasteiger partial charge is 0.311 e. The number of esters is 2. The number of hydrogen-bond acceptors (Lipinski definition) is 4. The molecule has 0 aromatic heterocycles. The Morgan fingerprint density at radius 1 is 0.929 bits per heavy atom. The molecule has 7 heteroatoms. The molecular formula is C21H29Cl3O4. The zero-order chi connectivity index (χ0) is 20.9. The van der Waals surface area contributed by atoms with E-state index in [2.05, 4.69) is 6.92 Å². The van der Waals surface area contributed by atoms with Crippen molar-refractivity contribution >= 4 is 46.7 Å². The molecule has 0 N–H and O–H groups in total. The zero-order valence-electron chi connectivity index (χ0n) is 16.6. The van der Waals surface area contributed by atoms with Gasteiger partial charge in [-0.3, -0.25) is 9.59 Å². The van der Waals surface area contributed by atoms with Gasteiger partial charge in [0.1, 0.15) is 5.02 Å². The van der Waals surface area contributed by atoms with Crippen LogP contribution in [-0.2, 0) is 14.3 Å². The summed E-state index contributed by atoms with van der Waals surface area (Å²) >= 11 is 17.8. The summed E-state index contributed by atoms with van der Waals surface area (Å²) in [6, 6.07) is 2.89. The van der Waals surface area contributed by atoms with E-state index in [1.807, 2.05) is 6.92 Å². The van der Waals surface area contributed by atoms with Crippen molar-refractivity contribution in [3.8, 4) is 5.75 Å². The molecule has 4 nitrogen and oxygen atoms in total. The Balaban J connectivity index is 2.21. The Morgan fingerprint density at radius 2 is 1.57 bits per heavy atom. The summed E-state index contributed by atoms with van der Waals surface area (Å²) in [5.41, 5.74) is 0. The van der Waals surface area contributed by atoms with E-state index in [1.165, 1.54) is 44.2 Å². The number of hydrogen-bond donors (Lipinski definition) is 0. The SMILES string of the molecule is CCCCCCCCC(C)OC(=O)CCCC(=O)Oc1cc(Cl)cc(Cl)c1Cl. The lowest BCUT2D eigenvalue weighted by molar-refractivity contribution is -0.148. The fourth-order valence-electron chi connectivity index (χ4n) is 2.71. The highest BCUT2D eigenvalue weighted by atomic mass is 35.5. The van der Waals surface area contributed by atoms with E-state index in [9.17, 15) is 9.59 Å². The minimum Gasteiger partial charge on any atom is -0.463 e. The van der Waals surface area contributed by atoms with Crippen LogP contribution >= 0.6 is 34.8 Å². The Bertz CT molecular complexity index is 634. The molecule has 0 aliphatic carbocycles. The van der Waals surface area contributed by atoms with Crippen LogP contribution in [0.3, 0.4) is 0 Å². The molecular weight excluding hydrogens is 423 g/mol. The van der Waals surface area contributed by atoms with Gasteiger partial charge in [-0.25, -0.2) is 0 Å². The minimum absolute atomic E-state index is 0.0708. The molecule has 0 fully saturated rings. The highest BCUT2D eigenvalue weighted by molar-refractivity contribution is 6.44. The molecule has 28 heavy (non-hydrogen) atoms. The lowest BCUT2D eigenvalue weighted by Gasteiger charge is -2.13. The summed E-state index contributed by atoms with van der Waals surface area (Å²) in [6.07, 6.45) is 8.61. The first-order valence-electron chi connectivity index (χ1n) is 9.88. The lowest BCUT2D eigenvalue weighted by Crippen LogP contribution is -2.15. The topological polar surface area (TPSA) is 52.6 Å². The number of benzene rings is 1. The van der Waals surface area contributed by atoms with Crippen molar-refractivity contribution in [2.24, 2.45) is 0 Å². The van der Waals surface area contributed by atoms with Gasteiger partial charge in [0.05, 0.1) is 11.1 Å². The molecule has 0 aliphatic rings. The highest BCUT2D eigenvalue weighted by Gasteiger charge is 2.14. The first kappa shape index (κ1) is 25.1. The van der Waals surface area contributed by atoms with Gasteiger partial charge in [0.25, 0.3) is 0 Å². The average Bonchev–Trinajstić information content (AvgIpc) is 2.62. The van der Waals surface area contributed by atoms with Crippen LogP contribution in [0, 0.1) is 0 Å². The molecule has 0 spiro atoms. The summed E-state index contributed by atoms with van der Waals surface area (Å²) in [4.78, 5) is 23.8. The second-order valence-corrected chi connectivity index (χ2v) is 8.11. The second-order valence-electron chi connectivity index (χ2n) is 6.88. The number of unbranched alkanes of at least 4 members (excludes halogenated alkanes) is 5. The number of carbonyl (C=O) groups excluding carboxylic acids is 2. The molecule has 1 atom stereocenters. The predicted octanol–water partition coefficient (Wildman–Crippen LogP) is 7.40. The van der Waals surface area contributed by atoms with Crippen LogP contribution in [-0.4, -0.2) is 18.0 Å². The Morgan fingerprint density at radius 3 is 2.29 bits per heavy atom. The first-order chi connectivity index (χ1) is 13.3. The standard InChI is InChI=1S/C21H29Cl3O4/c1-3-4-5-6-7-8-10-15(2)27-19(25)11-9-12-20(26)28-18-14-16(22)13-17(23)21(18)24/h13-15H,3-12H2,1-2H3. The molecule has 0 radical (unpaired) electrons. The summed E-state index contributed by atoms with van der Waals surface area (Å²) < 4.78 is 10.6. The van der Waals surface area contributed by atoms with Gasteiger partial charge in [-0.05, 0) is 32.3 Å². The zero-order valence-corrected chi connectivity index (χ0v) is 18.8. The average molecular weight is 452 g/mol. The molecule has 0 saturated heterocycles. The van der Waals surface area contributed by atoms with Gasteiger partial charge in [0.15, 0.2) is 5.75 Å². The van der Waals surface area contributed by atoms with Crippen LogP contribution in [0.2, 0.25) is 15.1 Å². The van der Waals surface area contributed by atoms with Crippen LogP contribution in [0.1, 0.15) is 78.1 Å². The third-order valence-electron chi connectivity index (χ3n) is 4.24. The summed E-state index contributed by atoms with van der Waals surface area (Å²) in [5.74, 6) is -0.692. The summed E-state index contributed by atoms with van der Waals surface area (Å²) in [7, 11) is 0. The molecule has 0 amide bonds. The Kier molecular flexibility index (Phi) is 12.6. The summed E-state index contributed by atoms with van der Waals surface area (Å²) in [6.45, 7) is 4.10. The Hall–Kier alpha value is -0.970. The molecule has 0 aliphatic heterocycles. The molecule has 1 rings (SSSR count). The van der Waals surface area contributed by atoms with Crippen molar-refractivity contribution in [1.82, 2.24) is 0 Å². The van der Waals surface area contributed by atoms with Gasteiger partial charge in [0.2, 0.25) is 0 Å². The van der Waals surface area contributed by atoms with Gasteiger partial charge >= 0.3 is 11.9 Å². The second kappa shape index (κ2) is 14.1. The van der Waals surface area contributed by atoms with Crippen molar-refractivity contribution in [2.45, 2.75) is 84.2 Å². The number of halogens is 3. The third kappa shape index (κ3) is 10.5. The molecule has 0 bridgehead atoms. The van der Waals surface area contributed by atoms with Crippen LogP contribution in [0.15, 0.2) is 12.1 Å². The van der Waals surface area contributed by atoms with Gasteiger partial charge in [0, 0.05) is 23.9 Å². The number of ether oxygens (including phenoxy) is 2. The first-order valence-corrected chi connectivity index (χ1v) is 11.0. The van der Waals surface area contributed by atoms with Crippen molar-refractivity contribution in [2.75, 3.05) is 0 Å². The van der Waals surface area contributed by atoms with Crippen molar-refractivity contribution < 1.29 is 19.1 Å². The largest absolute Gasteiger partial charge is 0.463 e. The van der Waals surface area contributed by atoms with Crippen molar-refractivity contribution in [3.63, 3.8) is 0 Å². The van der Waals surface area contributed by atoms with Gasteiger partial charge in [-0.2, -0.15) is 0 Å². The maximum absolute atomic E-state index is 11.9. The van der Waals surface area contributed by atoms with Gasteiger partial charge < -0.3 is 9.47 Å². The predicted molar refractivity (Wildman–Crippen MR) is 115 cm³/mol. The van der Waals surface area contributed by atoms with Crippen LogP contribution in [0.4, 0.5) is 0 Å². The van der Waals surface area contributed by atoms with Crippen LogP contribution < -0.4 is 4.74 Å². The van der Waals surface area contributed by atoms with E-state index < -0.39 is 5.97 Å². The quantitative estimate of drug-likeness (QED) is 0.136. The fourth-order valence-corrected chi connectivity index (χ4v) is 3.33. The molecule has 1 unspecified atom stereocenters. The number of carbonyl (C=O) groups is 2. The maximum atomic E-state index is 11.9. The molecule has 158 valence electrons. The van der Waals surface area contributed by atoms with E-state index in [0.717, 1.165) is 12.8 Å². The highest BCUT2D eigenvalue weighted by Crippen LogP contribution is 2.35. The molecule has 0 saturated carbocycles. The number of rotatable bonds is 13. The van der Waals surface area contributed by atoms with Crippen LogP contribution in [0.25, 0.3) is 0 Å². The van der Waals surface area contributed by atoms with E-state index in [0.29, 0.717) is 11.4 Å². The van der Waals surface area contributed by atoms with Crippen LogP contribution in [0.5, 0.6) is 5.75 Å². The normalized spacial score (nSPS) is 11.9. The van der Waals surface area contributed by atoms with Gasteiger partial charge in [-0.15, -0.1) is 0 Å². The van der Waals surface area contributed by atoms with Crippen molar-refractivity contribution in [1.29, 1.82) is 0 Å². The minimum atomic E-state index is -0.506. The third-order valence-corrected chi connectivity index (χ3v) is 5.24. The van der Waals surface area contributed by atoms with Crippen molar-refractivity contribution in [3.05, 3.63) is 27.2 Å². The molecule has 0 heterocycles. The summed E-state index contributed by atoms with van der Waals surface area (Å²) in [5, 5.41) is 0.655. The molecule has 1 aromatic rings. The van der Waals surface area contributed by atoms with E-state index >= 15 is 0 Å². The molecule has 1 aromatic carbocycles. The maximum Gasteiger partial charge on any atom is 0.311 e. The monoisotopic (exact) mass is 450 g/mol. The van der Waals surface area contributed by atoms with E-state index in [-0.39, 0.29) is 40.7 Å². The Labute approximate surface area is 182 Å². The van der Waals surface area contributed by atoms with E-state index in [1.54, 1.807) is 0 Å². The fraction of sp³-hybridized carbons (Fsp3) is 0.619. The van der Waals surface area contributed by atoms with E-state index in [4.69, 9.17) is 44.3 Å².